The molecule has 0 fully saturated rings. The molecule has 0 aliphatic heterocycles. The number of carboxylic acids is 1. The summed E-state index contributed by atoms with van der Waals surface area (Å²) in [4.78, 5) is 14.6. The van der Waals surface area contributed by atoms with Crippen LogP contribution in [0.25, 0.3) is 0 Å². The van der Waals surface area contributed by atoms with Crippen LogP contribution < -0.4 is 0 Å². The van der Waals surface area contributed by atoms with E-state index in [2.05, 4.69) is 31.2 Å². The average Bonchev–Trinajstić information content (AvgIpc) is 2.39. The maximum absolute atomic E-state index is 11.4. The lowest BCUT2D eigenvalue weighted by atomic mass is 9.97. The van der Waals surface area contributed by atoms with Gasteiger partial charge in [-0.05, 0) is 51.3 Å². The molecule has 19 heavy (non-hydrogen) atoms. The van der Waals surface area contributed by atoms with Gasteiger partial charge in [-0.25, -0.2) is 0 Å². The second kappa shape index (κ2) is 6.44. The minimum absolute atomic E-state index is 0.0759. The first-order chi connectivity index (χ1) is 8.84. The van der Waals surface area contributed by atoms with Crippen molar-refractivity contribution in [2.24, 2.45) is 0 Å². The number of hydrogen-bond donors (Lipinski definition) is 1. The van der Waals surface area contributed by atoms with Gasteiger partial charge in [-0.15, -0.1) is 11.8 Å². The first-order valence-corrected chi connectivity index (χ1v) is 7.71. The van der Waals surface area contributed by atoms with E-state index < -0.39 is 11.5 Å². The summed E-state index contributed by atoms with van der Waals surface area (Å²) >= 11 is 1.71. The normalized spacial score (nSPS) is 13.6. The lowest BCUT2D eigenvalue weighted by molar-refractivity contribution is -0.150. The maximum atomic E-state index is 11.4. The highest BCUT2D eigenvalue weighted by Crippen LogP contribution is 2.29. The Hall–Kier alpha value is -1.00. The van der Waals surface area contributed by atoms with Gasteiger partial charge in [-0.3, -0.25) is 9.69 Å². The first kappa shape index (κ1) is 16.1. The van der Waals surface area contributed by atoms with Crippen LogP contribution in [-0.2, 0) is 4.79 Å². The predicted molar refractivity (Wildman–Crippen MR) is 80.7 cm³/mol. The van der Waals surface area contributed by atoms with E-state index >= 15 is 0 Å². The van der Waals surface area contributed by atoms with Gasteiger partial charge in [0, 0.05) is 10.9 Å². The van der Waals surface area contributed by atoms with E-state index in [0.29, 0.717) is 6.54 Å². The fourth-order valence-electron chi connectivity index (χ4n) is 2.34. The van der Waals surface area contributed by atoms with Crippen molar-refractivity contribution in [3.05, 3.63) is 29.8 Å². The molecular weight excluding hydrogens is 258 g/mol. The van der Waals surface area contributed by atoms with E-state index in [1.54, 1.807) is 25.6 Å². The Labute approximate surface area is 120 Å². The van der Waals surface area contributed by atoms with Crippen LogP contribution in [0.2, 0.25) is 0 Å². The van der Waals surface area contributed by atoms with E-state index in [4.69, 9.17) is 0 Å². The second-order valence-electron chi connectivity index (χ2n) is 5.10. The number of hydrogen-bond acceptors (Lipinski definition) is 3. The Balaban J connectivity index is 3.01. The number of carbonyl (C=O) groups is 1. The standard InChI is InChI=1S/C15H23NO2S/c1-6-16(15(3,4)14(17)18)11(2)12-7-9-13(19-5)10-8-12/h7-11H,6H2,1-5H3,(H,17,18). The Morgan fingerprint density at radius 1 is 1.37 bits per heavy atom. The van der Waals surface area contributed by atoms with Crippen LogP contribution in [-0.4, -0.2) is 34.3 Å². The van der Waals surface area contributed by atoms with E-state index in [9.17, 15) is 9.90 Å². The first-order valence-electron chi connectivity index (χ1n) is 6.48. The summed E-state index contributed by atoms with van der Waals surface area (Å²) in [5.41, 5.74) is 0.278. The molecule has 3 nitrogen and oxygen atoms in total. The molecule has 0 heterocycles. The molecular formula is C15H23NO2S. The summed E-state index contributed by atoms with van der Waals surface area (Å²) in [6.07, 6.45) is 2.05. The van der Waals surface area contributed by atoms with Crippen molar-refractivity contribution in [3.8, 4) is 0 Å². The Morgan fingerprint density at radius 2 is 1.89 bits per heavy atom. The Morgan fingerprint density at radius 3 is 2.26 bits per heavy atom. The molecule has 0 spiro atoms. The summed E-state index contributed by atoms with van der Waals surface area (Å²) < 4.78 is 0. The quantitative estimate of drug-likeness (QED) is 0.808. The van der Waals surface area contributed by atoms with Crippen molar-refractivity contribution >= 4 is 17.7 Å². The largest absolute Gasteiger partial charge is 0.480 e. The molecule has 106 valence electrons. The minimum Gasteiger partial charge on any atom is -0.480 e. The second-order valence-corrected chi connectivity index (χ2v) is 5.98. The lowest BCUT2D eigenvalue weighted by Gasteiger charge is -2.39. The molecule has 4 heteroatoms. The van der Waals surface area contributed by atoms with E-state index in [1.165, 1.54) is 4.90 Å². The topological polar surface area (TPSA) is 40.5 Å². The fourth-order valence-corrected chi connectivity index (χ4v) is 2.75. The number of likely N-dealkylation sites (N-methyl/N-ethyl adjacent to an activating group) is 1. The summed E-state index contributed by atoms with van der Waals surface area (Å²) in [5, 5.41) is 9.38. The van der Waals surface area contributed by atoms with Gasteiger partial charge < -0.3 is 5.11 Å². The van der Waals surface area contributed by atoms with Gasteiger partial charge in [0.1, 0.15) is 5.54 Å². The smallest absolute Gasteiger partial charge is 0.323 e. The number of nitrogens with zero attached hydrogens (tertiary/aromatic N) is 1. The van der Waals surface area contributed by atoms with Gasteiger partial charge in [0.2, 0.25) is 0 Å². The Bertz CT molecular complexity index is 428. The van der Waals surface area contributed by atoms with Gasteiger partial charge in [0.25, 0.3) is 0 Å². The summed E-state index contributed by atoms with van der Waals surface area (Å²) in [6, 6.07) is 8.40. The highest BCUT2D eigenvalue weighted by atomic mass is 32.2. The molecule has 0 radical (unpaired) electrons. The highest BCUT2D eigenvalue weighted by molar-refractivity contribution is 7.98. The molecule has 0 saturated carbocycles. The number of rotatable bonds is 6. The van der Waals surface area contributed by atoms with Crippen molar-refractivity contribution in [2.45, 2.75) is 44.2 Å². The monoisotopic (exact) mass is 281 g/mol. The molecule has 1 aromatic rings. The summed E-state index contributed by atoms with van der Waals surface area (Å²) in [6.45, 7) is 8.27. The van der Waals surface area contributed by atoms with Crippen LogP contribution in [0.15, 0.2) is 29.2 Å². The maximum Gasteiger partial charge on any atom is 0.323 e. The molecule has 0 aromatic heterocycles. The van der Waals surface area contributed by atoms with E-state index in [-0.39, 0.29) is 6.04 Å². The van der Waals surface area contributed by atoms with Crippen molar-refractivity contribution < 1.29 is 9.90 Å². The molecule has 0 bridgehead atoms. The third kappa shape index (κ3) is 3.51. The van der Waals surface area contributed by atoms with Gasteiger partial charge in [0.05, 0.1) is 0 Å². The van der Waals surface area contributed by atoms with Gasteiger partial charge in [0.15, 0.2) is 0 Å². The molecule has 1 N–H and O–H groups in total. The van der Waals surface area contributed by atoms with Crippen molar-refractivity contribution in [1.82, 2.24) is 4.90 Å². The van der Waals surface area contributed by atoms with Crippen molar-refractivity contribution in [3.63, 3.8) is 0 Å². The van der Waals surface area contributed by atoms with Gasteiger partial charge in [-0.2, -0.15) is 0 Å². The lowest BCUT2D eigenvalue weighted by Crippen LogP contribution is -2.50. The molecule has 1 rings (SSSR count). The molecule has 1 atom stereocenters. The number of thioether (sulfide) groups is 1. The molecule has 0 aliphatic rings. The zero-order valence-corrected chi connectivity index (χ0v) is 13.1. The van der Waals surface area contributed by atoms with Crippen LogP contribution in [0.3, 0.4) is 0 Å². The molecule has 1 unspecified atom stereocenters. The summed E-state index contributed by atoms with van der Waals surface area (Å²) in [5.74, 6) is -0.790. The zero-order chi connectivity index (χ0) is 14.6. The van der Waals surface area contributed by atoms with Crippen molar-refractivity contribution in [2.75, 3.05) is 12.8 Å². The van der Waals surface area contributed by atoms with Crippen LogP contribution >= 0.6 is 11.8 Å². The van der Waals surface area contributed by atoms with E-state index in [0.717, 1.165) is 5.56 Å². The Kier molecular flexibility index (Phi) is 5.44. The third-order valence-electron chi connectivity index (χ3n) is 3.65. The average molecular weight is 281 g/mol. The van der Waals surface area contributed by atoms with Crippen LogP contribution in [0.1, 0.15) is 39.3 Å². The number of benzene rings is 1. The fraction of sp³-hybridized carbons (Fsp3) is 0.533. The molecule has 0 saturated heterocycles. The SMILES string of the molecule is CCN(C(C)c1ccc(SC)cc1)C(C)(C)C(=O)O. The van der Waals surface area contributed by atoms with Gasteiger partial charge >= 0.3 is 5.97 Å². The third-order valence-corrected chi connectivity index (χ3v) is 4.39. The molecule has 0 aliphatic carbocycles. The van der Waals surface area contributed by atoms with Crippen molar-refractivity contribution in [1.29, 1.82) is 0 Å². The van der Waals surface area contributed by atoms with Gasteiger partial charge in [-0.1, -0.05) is 19.1 Å². The highest BCUT2D eigenvalue weighted by Gasteiger charge is 2.36. The van der Waals surface area contributed by atoms with Crippen LogP contribution in [0, 0.1) is 0 Å². The number of carboxylic acid groups (broad SMARTS) is 1. The van der Waals surface area contributed by atoms with Crippen LogP contribution in [0.4, 0.5) is 0 Å². The van der Waals surface area contributed by atoms with Crippen LogP contribution in [0.5, 0.6) is 0 Å². The number of aliphatic carboxylic acids is 1. The predicted octanol–water partition coefficient (Wildman–Crippen LogP) is 3.65. The molecule has 1 aromatic carbocycles. The molecule has 0 amide bonds. The van der Waals surface area contributed by atoms with E-state index in [1.807, 2.05) is 18.1 Å². The zero-order valence-electron chi connectivity index (χ0n) is 12.3. The summed E-state index contributed by atoms with van der Waals surface area (Å²) in [7, 11) is 0. The minimum atomic E-state index is -0.869.